The van der Waals surface area contributed by atoms with E-state index in [-0.39, 0.29) is 29.2 Å². The lowest BCUT2D eigenvalue weighted by molar-refractivity contribution is -0.142. The molecule has 0 bridgehead atoms. The monoisotopic (exact) mass is 732 g/mol. The number of rotatable bonds is 7. The summed E-state index contributed by atoms with van der Waals surface area (Å²) in [6, 6.07) is 11.4. The number of nitrogens with one attached hydrogen (secondary N) is 1. The molecule has 3 atom stereocenters. The van der Waals surface area contributed by atoms with Gasteiger partial charge in [-0.3, -0.25) is 9.48 Å². The summed E-state index contributed by atoms with van der Waals surface area (Å²) in [4.78, 5) is 22.6. The highest BCUT2D eigenvalue weighted by molar-refractivity contribution is 6.01. The van der Waals surface area contributed by atoms with Crippen LogP contribution in [0.4, 0.5) is 36.6 Å². The third-order valence-corrected chi connectivity index (χ3v) is 8.87. The van der Waals surface area contributed by atoms with Crippen LogP contribution in [0.2, 0.25) is 0 Å². The minimum Gasteiger partial charge on any atom is -0.383 e. The first-order chi connectivity index (χ1) is 24.9. The molecule has 2 aliphatic rings. The van der Waals surface area contributed by atoms with Gasteiger partial charge in [-0.25, -0.2) is 18.7 Å². The number of alkyl halides is 5. The second-order valence-corrected chi connectivity index (χ2v) is 13.3. The van der Waals surface area contributed by atoms with Crippen LogP contribution in [0.25, 0.3) is 21.9 Å². The van der Waals surface area contributed by atoms with Crippen molar-refractivity contribution in [2.75, 3.05) is 5.73 Å². The lowest BCUT2D eigenvalue weighted by Gasteiger charge is -2.24. The van der Waals surface area contributed by atoms with E-state index in [1.165, 1.54) is 20.0 Å². The standard InChI is InChI=1S/C38H27F7N6O2/c1-36(2,53)12-10-22-6-7-25(23-4-3-5-26-24(23)11-13-47-35(26)46)32(48-22)29(16-19-14-20(39)17-21(40)15-19)49-30(52)18-51-34-31(33(50-51)38(43,44)45)27-8-9-28(27)37(34,41)42/h3-7,11,13-15,17,27-29,53H,16,18H2,1-2H3,(H2,46,47)(H,49,52)/t27-,28+,29-/m0/s1. The van der Waals surface area contributed by atoms with Gasteiger partial charge in [0.25, 0.3) is 0 Å². The number of anilines is 1. The molecule has 3 aromatic heterocycles. The number of nitrogens with two attached hydrogens (primary N) is 1. The Kier molecular flexibility index (Phi) is 8.45. The second kappa shape index (κ2) is 12.6. The molecule has 0 fully saturated rings. The Morgan fingerprint density at radius 2 is 1.79 bits per heavy atom. The Bertz CT molecular complexity index is 2430. The minimum atomic E-state index is -5.11. The molecule has 2 aliphatic carbocycles. The molecule has 1 amide bonds. The Hall–Kier alpha value is -5.93. The quantitative estimate of drug-likeness (QED) is 0.131. The van der Waals surface area contributed by atoms with Gasteiger partial charge in [-0.2, -0.15) is 27.1 Å². The van der Waals surface area contributed by atoms with Gasteiger partial charge in [0.15, 0.2) is 5.69 Å². The van der Waals surface area contributed by atoms with Gasteiger partial charge >= 0.3 is 12.1 Å². The van der Waals surface area contributed by atoms with Crippen LogP contribution >= 0.6 is 0 Å². The predicted octanol–water partition coefficient (Wildman–Crippen LogP) is 6.42. The summed E-state index contributed by atoms with van der Waals surface area (Å²) in [5.41, 5.74) is 2.51. The molecular formula is C38H27F7N6O2. The van der Waals surface area contributed by atoms with Crippen LogP contribution in [0.1, 0.15) is 59.7 Å². The summed E-state index contributed by atoms with van der Waals surface area (Å²) in [6.45, 7) is 1.82. The Morgan fingerprint density at radius 1 is 1.06 bits per heavy atom. The van der Waals surface area contributed by atoms with Crippen molar-refractivity contribution >= 4 is 22.5 Å². The number of carbonyl (C=O) groups is 1. The number of nitrogens with zero attached hydrogens (tertiary/aromatic N) is 4. The summed E-state index contributed by atoms with van der Waals surface area (Å²) >= 11 is 0. The van der Waals surface area contributed by atoms with Crippen molar-refractivity contribution in [2.45, 2.75) is 56.5 Å². The third-order valence-electron chi connectivity index (χ3n) is 8.87. The Labute approximate surface area is 297 Å². The molecule has 5 aromatic rings. The number of hydrogen-bond donors (Lipinski definition) is 3. The molecule has 0 saturated heterocycles. The highest BCUT2D eigenvalue weighted by atomic mass is 19.4. The van der Waals surface area contributed by atoms with Crippen LogP contribution < -0.4 is 11.1 Å². The number of fused-ring (bicyclic) bond motifs is 4. The molecule has 0 spiro atoms. The summed E-state index contributed by atoms with van der Waals surface area (Å²) in [5.74, 6) is 0.382. The van der Waals surface area contributed by atoms with E-state index in [2.05, 4.69) is 44.1 Å². The zero-order chi connectivity index (χ0) is 38.0. The molecule has 0 saturated carbocycles. The van der Waals surface area contributed by atoms with E-state index in [1.807, 2.05) is 0 Å². The van der Waals surface area contributed by atoms with Crippen molar-refractivity contribution in [3.8, 4) is 34.8 Å². The molecule has 270 valence electrons. The van der Waals surface area contributed by atoms with Crippen molar-refractivity contribution in [3.05, 3.63) is 106 Å². The van der Waals surface area contributed by atoms with E-state index in [0.29, 0.717) is 32.6 Å². The van der Waals surface area contributed by atoms with Crippen molar-refractivity contribution in [1.82, 2.24) is 25.1 Å². The summed E-state index contributed by atoms with van der Waals surface area (Å²) in [6.07, 6.45) is -3.95. The van der Waals surface area contributed by atoms with Gasteiger partial charge in [0.2, 0.25) is 5.91 Å². The fourth-order valence-corrected chi connectivity index (χ4v) is 6.66. The first-order valence-corrected chi connectivity index (χ1v) is 16.1. The molecule has 2 aromatic carbocycles. The molecule has 0 aliphatic heterocycles. The number of pyridine rings is 2. The van der Waals surface area contributed by atoms with Crippen LogP contribution in [0, 0.1) is 41.2 Å². The van der Waals surface area contributed by atoms with Crippen LogP contribution in [0.3, 0.4) is 0 Å². The number of nitrogen functional groups attached to an aromatic ring is 1. The van der Waals surface area contributed by atoms with E-state index in [0.717, 1.165) is 12.1 Å². The minimum absolute atomic E-state index is 0.0551. The fraction of sp³-hybridized carbons (Fsp3) is 0.263. The van der Waals surface area contributed by atoms with Gasteiger partial charge in [0.1, 0.15) is 46.9 Å². The molecule has 7 rings (SSSR count). The molecule has 0 unspecified atom stereocenters. The van der Waals surface area contributed by atoms with Crippen LogP contribution in [0.5, 0.6) is 0 Å². The molecule has 4 N–H and O–H groups in total. The van der Waals surface area contributed by atoms with Crippen molar-refractivity contribution in [3.63, 3.8) is 0 Å². The maximum absolute atomic E-state index is 15.4. The number of halogens is 7. The number of aromatic nitrogens is 4. The van der Waals surface area contributed by atoms with E-state index in [4.69, 9.17) is 5.73 Å². The van der Waals surface area contributed by atoms with E-state index in [9.17, 15) is 31.9 Å². The average molecular weight is 733 g/mol. The number of hydrogen-bond acceptors (Lipinski definition) is 6. The van der Waals surface area contributed by atoms with Gasteiger partial charge in [-0.05, 0) is 73.0 Å². The summed E-state index contributed by atoms with van der Waals surface area (Å²) in [5, 5.41) is 17.5. The largest absolute Gasteiger partial charge is 0.435 e. The smallest absolute Gasteiger partial charge is 0.383 e. The van der Waals surface area contributed by atoms with Crippen LogP contribution in [-0.4, -0.2) is 36.4 Å². The average Bonchev–Trinajstić information content (AvgIpc) is 3.48. The van der Waals surface area contributed by atoms with Gasteiger partial charge < -0.3 is 16.2 Å². The summed E-state index contributed by atoms with van der Waals surface area (Å²) in [7, 11) is 0. The van der Waals surface area contributed by atoms with Crippen LogP contribution in [0.15, 0.2) is 60.8 Å². The molecule has 53 heavy (non-hydrogen) atoms. The maximum Gasteiger partial charge on any atom is 0.435 e. The van der Waals surface area contributed by atoms with Gasteiger partial charge in [-0.1, -0.05) is 36.0 Å². The maximum atomic E-state index is 15.4. The lowest BCUT2D eigenvalue weighted by Crippen LogP contribution is -2.36. The molecule has 15 heteroatoms. The molecule has 8 nitrogen and oxygen atoms in total. The van der Waals surface area contributed by atoms with Gasteiger partial charge in [-0.15, -0.1) is 0 Å². The number of aliphatic hydroxyl groups is 1. The topological polar surface area (TPSA) is 119 Å². The zero-order valence-corrected chi connectivity index (χ0v) is 27.8. The highest BCUT2D eigenvalue weighted by Crippen LogP contribution is 2.58. The molecule has 3 heterocycles. The number of carbonyl (C=O) groups excluding carboxylic acids is 1. The number of amides is 1. The second-order valence-electron chi connectivity index (χ2n) is 13.3. The van der Waals surface area contributed by atoms with Crippen molar-refractivity contribution < 1.29 is 40.6 Å². The van der Waals surface area contributed by atoms with Gasteiger partial charge in [0, 0.05) is 28.8 Å². The van der Waals surface area contributed by atoms with Gasteiger partial charge in [0.05, 0.1) is 17.7 Å². The number of benzene rings is 2. The Morgan fingerprint density at radius 3 is 2.45 bits per heavy atom. The third kappa shape index (κ3) is 6.64. The highest BCUT2D eigenvalue weighted by Gasteiger charge is 2.62. The normalized spacial score (nSPS) is 17.5. The van der Waals surface area contributed by atoms with E-state index in [1.54, 1.807) is 36.4 Å². The van der Waals surface area contributed by atoms with E-state index >= 15 is 8.78 Å². The SMILES string of the molecule is CC(C)(O)C#Cc1ccc(-c2cccc3c(N)nccc23)c([C@H](Cc2cc(F)cc(F)c2)NC(=O)Cn2nc(C(F)(F)F)c3c2C(F)(F)[C@@H]2C#C[C@H]32)n1. The van der Waals surface area contributed by atoms with Crippen LogP contribution in [-0.2, 0) is 29.9 Å². The predicted molar refractivity (Wildman–Crippen MR) is 179 cm³/mol. The Balaban J connectivity index is 1.36. The fourth-order valence-electron chi connectivity index (χ4n) is 6.66. The zero-order valence-electron chi connectivity index (χ0n) is 27.8. The first-order valence-electron chi connectivity index (χ1n) is 16.1. The lowest BCUT2D eigenvalue weighted by atomic mass is 9.84. The molecule has 0 radical (unpaired) electrons. The van der Waals surface area contributed by atoms with Crippen molar-refractivity contribution in [2.24, 2.45) is 5.92 Å². The summed E-state index contributed by atoms with van der Waals surface area (Å²) < 4.78 is 102. The molecular weight excluding hydrogens is 705 g/mol. The van der Waals surface area contributed by atoms with Crippen molar-refractivity contribution in [1.29, 1.82) is 0 Å². The van der Waals surface area contributed by atoms with E-state index < -0.39 is 76.6 Å². The first kappa shape index (κ1) is 35.5.